The summed E-state index contributed by atoms with van der Waals surface area (Å²) in [5, 5.41) is 0.806. The van der Waals surface area contributed by atoms with Crippen LogP contribution in [0.1, 0.15) is 24.8 Å². The normalized spacial score (nSPS) is 11.6. The summed E-state index contributed by atoms with van der Waals surface area (Å²) in [6, 6.07) is 4.69. The molecule has 0 aromatic heterocycles. The van der Waals surface area contributed by atoms with Crippen molar-refractivity contribution in [2.24, 2.45) is 0 Å². The second-order valence-corrected chi connectivity index (χ2v) is 4.76. The summed E-state index contributed by atoms with van der Waals surface area (Å²) < 4.78 is 35.7. The molecular weight excluding hydrogens is 288 g/mol. The average Bonchev–Trinajstić information content (AvgIpc) is 2.20. The van der Waals surface area contributed by atoms with Crippen LogP contribution < -0.4 is 0 Å². The topological polar surface area (TPSA) is 17.1 Å². The first-order chi connectivity index (χ1) is 8.28. The Morgan fingerprint density at radius 1 is 1.22 bits per heavy atom. The molecule has 1 aromatic carbocycles. The lowest BCUT2D eigenvalue weighted by Crippen LogP contribution is -2.09. The molecule has 0 aliphatic rings. The van der Waals surface area contributed by atoms with Gasteiger partial charge in [0, 0.05) is 29.3 Å². The summed E-state index contributed by atoms with van der Waals surface area (Å²) in [6.45, 7) is 0. The molecule has 1 rings (SSSR count). The van der Waals surface area contributed by atoms with Crippen LogP contribution in [0, 0.1) is 0 Å². The fourth-order valence-corrected chi connectivity index (χ4v) is 1.93. The lowest BCUT2D eigenvalue weighted by Gasteiger charge is -2.06. The van der Waals surface area contributed by atoms with E-state index in [0.29, 0.717) is 15.6 Å². The standard InChI is InChI=1S/C12H11Cl2F3O/c13-9-4-3-8(11(14)7-9)6-10(18)2-1-5-12(15,16)17/h3-4,7H,1-2,5-6H2. The summed E-state index contributed by atoms with van der Waals surface area (Å²) in [6.07, 6.45) is -5.40. The molecule has 0 aliphatic carbocycles. The second-order valence-electron chi connectivity index (χ2n) is 3.92. The summed E-state index contributed by atoms with van der Waals surface area (Å²) in [4.78, 5) is 11.5. The zero-order valence-corrected chi connectivity index (χ0v) is 10.9. The van der Waals surface area contributed by atoms with Crippen LogP contribution in [0.3, 0.4) is 0 Å². The SMILES string of the molecule is O=C(CCCC(F)(F)F)Cc1ccc(Cl)cc1Cl. The number of Topliss-reactive ketones (excluding diaryl/α,β-unsaturated/α-hetero) is 1. The number of benzene rings is 1. The molecule has 0 amide bonds. The summed E-state index contributed by atoms with van der Waals surface area (Å²) >= 11 is 11.6. The van der Waals surface area contributed by atoms with E-state index in [2.05, 4.69) is 0 Å². The highest BCUT2D eigenvalue weighted by Gasteiger charge is 2.26. The van der Waals surface area contributed by atoms with E-state index >= 15 is 0 Å². The number of halogens is 5. The molecule has 0 aliphatic heterocycles. The van der Waals surface area contributed by atoms with Crippen LogP contribution in [0.25, 0.3) is 0 Å². The van der Waals surface area contributed by atoms with Crippen molar-refractivity contribution in [3.05, 3.63) is 33.8 Å². The van der Waals surface area contributed by atoms with Crippen molar-refractivity contribution in [3.63, 3.8) is 0 Å². The number of alkyl halides is 3. The van der Waals surface area contributed by atoms with Gasteiger partial charge in [-0.15, -0.1) is 0 Å². The van der Waals surface area contributed by atoms with Gasteiger partial charge in [-0.1, -0.05) is 29.3 Å². The minimum atomic E-state index is -4.21. The molecule has 0 saturated heterocycles. The van der Waals surface area contributed by atoms with Gasteiger partial charge in [-0.25, -0.2) is 0 Å². The van der Waals surface area contributed by atoms with E-state index in [9.17, 15) is 18.0 Å². The van der Waals surface area contributed by atoms with Gasteiger partial charge in [-0.05, 0) is 24.1 Å². The molecule has 18 heavy (non-hydrogen) atoms. The number of carbonyl (C=O) groups excluding carboxylic acids is 1. The largest absolute Gasteiger partial charge is 0.389 e. The maximum Gasteiger partial charge on any atom is 0.389 e. The highest BCUT2D eigenvalue weighted by Crippen LogP contribution is 2.24. The minimum absolute atomic E-state index is 0.0356. The molecule has 0 bridgehead atoms. The van der Waals surface area contributed by atoms with E-state index < -0.39 is 12.6 Å². The summed E-state index contributed by atoms with van der Waals surface area (Å²) in [7, 11) is 0. The van der Waals surface area contributed by atoms with Crippen LogP contribution in [-0.4, -0.2) is 12.0 Å². The molecule has 6 heteroatoms. The van der Waals surface area contributed by atoms with Crippen molar-refractivity contribution >= 4 is 29.0 Å². The Kier molecular flexibility index (Phi) is 5.47. The number of rotatable bonds is 5. The van der Waals surface area contributed by atoms with E-state index in [1.54, 1.807) is 12.1 Å². The van der Waals surface area contributed by atoms with Gasteiger partial charge in [-0.3, -0.25) is 4.79 Å². The van der Waals surface area contributed by atoms with Gasteiger partial charge in [-0.2, -0.15) is 13.2 Å². The molecule has 0 N–H and O–H groups in total. The van der Waals surface area contributed by atoms with Crippen LogP contribution in [0.4, 0.5) is 13.2 Å². The van der Waals surface area contributed by atoms with Crippen LogP contribution in [0.5, 0.6) is 0 Å². The van der Waals surface area contributed by atoms with Crippen LogP contribution in [0.2, 0.25) is 10.0 Å². The molecule has 1 nitrogen and oxygen atoms in total. The number of hydrogen-bond acceptors (Lipinski definition) is 1. The van der Waals surface area contributed by atoms with Gasteiger partial charge < -0.3 is 0 Å². The third-order valence-corrected chi connectivity index (χ3v) is 2.91. The smallest absolute Gasteiger partial charge is 0.299 e. The maximum atomic E-state index is 11.9. The van der Waals surface area contributed by atoms with E-state index in [4.69, 9.17) is 23.2 Å². The fourth-order valence-electron chi connectivity index (χ4n) is 1.45. The fraction of sp³-hybridized carbons (Fsp3) is 0.417. The Bertz CT molecular complexity index is 430. The van der Waals surface area contributed by atoms with Gasteiger partial charge in [0.25, 0.3) is 0 Å². The van der Waals surface area contributed by atoms with Crippen LogP contribution >= 0.6 is 23.2 Å². The van der Waals surface area contributed by atoms with E-state index in [0.717, 1.165) is 0 Å². The minimum Gasteiger partial charge on any atom is -0.299 e. The monoisotopic (exact) mass is 298 g/mol. The molecule has 0 fully saturated rings. The molecule has 0 unspecified atom stereocenters. The Hall–Kier alpha value is -0.740. The Morgan fingerprint density at radius 2 is 1.89 bits per heavy atom. The molecule has 0 radical (unpaired) electrons. The predicted octanol–water partition coefficient (Wildman–Crippen LogP) is 4.84. The lowest BCUT2D eigenvalue weighted by atomic mass is 10.0. The molecule has 0 saturated carbocycles. The molecule has 0 atom stereocenters. The first-order valence-electron chi connectivity index (χ1n) is 5.30. The zero-order chi connectivity index (χ0) is 13.8. The van der Waals surface area contributed by atoms with Crippen LogP contribution in [0.15, 0.2) is 18.2 Å². The quantitative estimate of drug-likeness (QED) is 0.760. The number of hydrogen-bond donors (Lipinski definition) is 0. The second kappa shape index (κ2) is 6.43. The van der Waals surface area contributed by atoms with Crippen molar-refractivity contribution < 1.29 is 18.0 Å². The van der Waals surface area contributed by atoms with Gasteiger partial charge in [0.05, 0.1) is 0 Å². The summed E-state index contributed by atoms with van der Waals surface area (Å²) in [5.41, 5.74) is 0.582. The molecule has 0 spiro atoms. The van der Waals surface area contributed by atoms with Crippen molar-refractivity contribution in [2.75, 3.05) is 0 Å². The van der Waals surface area contributed by atoms with Gasteiger partial charge in [0.2, 0.25) is 0 Å². The molecule has 100 valence electrons. The zero-order valence-electron chi connectivity index (χ0n) is 9.36. The Morgan fingerprint density at radius 3 is 2.44 bits per heavy atom. The van der Waals surface area contributed by atoms with Crippen molar-refractivity contribution in [2.45, 2.75) is 31.9 Å². The summed E-state index contributed by atoms with van der Waals surface area (Å²) in [5.74, 6) is -0.261. The van der Waals surface area contributed by atoms with E-state index in [1.807, 2.05) is 0 Å². The molecule has 1 aromatic rings. The van der Waals surface area contributed by atoms with Gasteiger partial charge in [0.1, 0.15) is 5.78 Å². The maximum absolute atomic E-state index is 11.9. The average molecular weight is 299 g/mol. The Balaban J connectivity index is 2.45. The number of ketones is 1. The van der Waals surface area contributed by atoms with Gasteiger partial charge >= 0.3 is 6.18 Å². The van der Waals surface area contributed by atoms with E-state index in [1.165, 1.54) is 6.07 Å². The predicted molar refractivity (Wildman–Crippen MR) is 65.1 cm³/mol. The number of carbonyl (C=O) groups is 1. The Labute approximate surface area is 113 Å². The third kappa shape index (κ3) is 5.74. The first-order valence-corrected chi connectivity index (χ1v) is 6.06. The van der Waals surface area contributed by atoms with Gasteiger partial charge in [0.15, 0.2) is 0 Å². The van der Waals surface area contributed by atoms with Crippen molar-refractivity contribution in [1.82, 2.24) is 0 Å². The van der Waals surface area contributed by atoms with Crippen molar-refractivity contribution in [3.8, 4) is 0 Å². The highest BCUT2D eigenvalue weighted by molar-refractivity contribution is 6.35. The van der Waals surface area contributed by atoms with Crippen molar-refractivity contribution in [1.29, 1.82) is 0 Å². The van der Waals surface area contributed by atoms with E-state index in [-0.39, 0.29) is 25.0 Å². The highest BCUT2D eigenvalue weighted by atomic mass is 35.5. The first kappa shape index (κ1) is 15.3. The lowest BCUT2D eigenvalue weighted by molar-refractivity contribution is -0.137. The molecular formula is C12H11Cl2F3O. The molecule has 0 heterocycles. The van der Waals surface area contributed by atoms with Crippen LogP contribution in [-0.2, 0) is 11.2 Å². The third-order valence-electron chi connectivity index (χ3n) is 2.32.